The maximum Gasteiger partial charge on any atom is 0.00695 e. The first kappa shape index (κ1) is 21.2. The smallest absolute Gasteiger partial charge is 0.00695 e. The SMILES string of the molecule is CCCCCCCCCCCCC[C@H]1CCC[C@H](C)N1.Cl. The Morgan fingerprint density at radius 3 is 1.81 bits per heavy atom. The highest BCUT2D eigenvalue weighted by molar-refractivity contribution is 5.85. The number of hydrogen-bond acceptors (Lipinski definition) is 1. The molecule has 1 N–H and O–H groups in total. The van der Waals surface area contributed by atoms with Crippen molar-refractivity contribution in [1.82, 2.24) is 5.32 Å². The van der Waals surface area contributed by atoms with Crippen LogP contribution in [0.15, 0.2) is 0 Å². The molecule has 0 saturated carbocycles. The molecule has 0 amide bonds. The standard InChI is InChI=1S/C19H39N.ClH/c1-3-4-5-6-7-8-9-10-11-12-13-16-19-17-14-15-18(2)20-19;/h18-20H,3-17H2,1-2H3;1H/t18-,19-;/m0./s1. The van der Waals surface area contributed by atoms with Crippen LogP contribution in [-0.2, 0) is 0 Å². The maximum absolute atomic E-state index is 3.75. The molecule has 1 fully saturated rings. The molecular weight excluding hydrogens is 278 g/mol. The molecule has 21 heavy (non-hydrogen) atoms. The van der Waals surface area contributed by atoms with E-state index in [1.54, 1.807) is 0 Å². The van der Waals surface area contributed by atoms with Crippen LogP contribution in [0, 0.1) is 0 Å². The molecule has 0 bridgehead atoms. The quantitative estimate of drug-likeness (QED) is 0.398. The third-order valence-electron chi connectivity index (χ3n) is 4.87. The molecule has 0 unspecified atom stereocenters. The normalized spacial score (nSPS) is 22.0. The van der Waals surface area contributed by atoms with Crippen molar-refractivity contribution in [3.8, 4) is 0 Å². The van der Waals surface area contributed by atoms with Gasteiger partial charge in [0, 0.05) is 12.1 Å². The van der Waals surface area contributed by atoms with E-state index in [9.17, 15) is 0 Å². The van der Waals surface area contributed by atoms with Crippen molar-refractivity contribution in [3.05, 3.63) is 0 Å². The van der Waals surface area contributed by atoms with Gasteiger partial charge >= 0.3 is 0 Å². The Morgan fingerprint density at radius 1 is 0.762 bits per heavy atom. The van der Waals surface area contributed by atoms with Crippen LogP contribution >= 0.6 is 12.4 Å². The van der Waals surface area contributed by atoms with Gasteiger partial charge in [-0.1, -0.05) is 84.0 Å². The van der Waals surface area contributed by atoms with Crippen molar-refractivity contribution in [2.75, 3.05) is 0 Å². The van der Waals surface area contributed by atoms with E-state index in [1.165, 1.54) is 96.3 Å². The lowest BCUT2D eigenvalue weighted by Gasteiger charge is -2.28. The fraction of sp³-hybridized carbons (Fsp3) is 1.00. The van der Waals surface area contributed by atoms with Gasteiger partial charge in [-0.3, -0.25) is 0 Å². The van der Waals surface area contributed by atoms with Crippen molar-refractivity contribution in [2.45, 2.75) is 122 Å². The molecule has 1 aliphatic rings. The van der Waals surface area contributed by atoms with Crippen molar-refractivity contribution in [1.29, 1.82) is 0 Å². The monoisotopic (exact) mass is 317 g/mol. The number of nitrogens with one attached hydrogen (secondary N) is 1. The Morgan fingerprint density at radius 2 is 1.29 bits per heavy atom. The van der Waals surface area contributed by atoms with Gasteiger partial charge in [0.05, 0.1) is 0 Å². The molecule has 0 aromatic rings. The van der Waals surface area contributed by atoms with Crippen LogP contribution in [0.2, 0.25) is 0 Å². The summed E-state index contributed by atoms with van der Waals surface area (Å²) < 4.78 is 0. The van der Waals surface area contributed by atoms with E-state index in [1.807, 2.05) is 0 Å². The van der Waals surface area contributed by atoms with Crippen molar-refractivity contribution in [3.63, 3.8) is 0 Å². The summed E-state index contributed by atoms with van der Waals surface area (Å²) in [5.74, 6) is 0. The number of unbranched alkanes of at least 4 members (excludes halogenated alkanes) is 10. The van der Waals surface area contributed by atoms with Crippen LogP contribution < -0.4 is 5.32 Å². The highest BCUT2D eigenvalue weighted by atomic mass is 35.5. The van der Waals surface area contributed by atoms with Gasteiger partial charge < -0.3 is 5.32 Å². The number of halogens is 1. The first-order valence-corrected chi connectivity index (χ1v) is 9.59. The highest BCUT2D eigenvalue weighted by Crippen LogP contribution is 2.18. The van der Waals surface area contributed by atoms with E-state index in [4.69, 9.17) is 0 Å². The predicted octanol–water partition coefficient (Wildman–Crippen LogP) is 6.64. The molecule has 0 aromatic heterocycles. The molecule has 128 valence electrons. The zero-order valence-corrected chi connectivity index (χ0v) is 15.5. The van der Waals surface area contributed by atoms with Crippen molar-refractivity contribution < 1.29 is 0 Å². The molecule has 1 heterocycles. The van der Waals surface area contributed by atoms with Crippen LogP contribution in [-0.4, -0.2) is 12.1 Å². The summed E-state index contributed by atoms with van der Waals surface area (Å²) in [6.45, 7) is 4.64. The summed E-state index contributed by atoms with van der Waals surface area (Å²) in [5, 5.41) is 3.75. The fourth-order valence-corrected chi connectivity index (χ4v) is 3.52. The largest absolute Gasteiger partial charge is 0.312 e. The lowest BCUT2D eigenvalue weighted by Crippen LogP contribution is -2.40. The van der Waals surface area contributed by atoms with Crippen LogP contribution in [0.3, 0.4) is 0 Å². The lowest BCUT2D eigenvalue weighted by molar-refractivity contribution is 0.314. The van der Waals surface area contributed by atoms with Crippen LogP contribution in [0.1, 0.15) is 110 Å². The minimum atomic E-state index is 0. The first-order valence-electron chi connectivity index (χ1n) is 9.59. The molecule has 2 atom stereocenters. The van der Waals surface area contributed by atoms with Gasteiger partial charge in [0.1, 0.15) is 0 Å². The lowest BCUT2D eigenvalue weighted by atomic mass is 9.95. The van der Waals surface area contributed by atoms with Crippen molar-refractivity contribution >= 4 is 12.4 Å². The summed E-state index contributed by atoms with van der Waals surface area (Å²) in [7, 11) is 0. The zero-order chi connectivity index (χ0) is 14.5. The maximum atomic E-state index is 3.75. The molecule has 1 aliphatic heterocycles. The van der Waals surface area contributed by atoms with Gasteiger partial charge in [-0.05, 0) is 26.2 Å². The molecular formula is C19H40ClN. The Bertz CT molecular complexity index is 208. The summed E-state index contributed by atoms with van der Waals surface area (Å²) in [6.07, 6.45) is 21.7. The molecule has 1 nitrogen and oxygen atoms in total. The van der Waals surface area contributed by atoms with Crippen LogP contribution in [0.25, 0.3) is 0 Å². The molecule has 1 saturated heterocycles. The fourth-order valence-electron chi connectivity index (χ4n) is 3.52. The molecule has 2 heteroatoms. The third-order valence-corrected chi connectivity index (χ3v) is 4.87. The average molecular weight is 318 g/mol. The van der Waals surface area contributed by atoms with Gasteiger partial charge in [0.15, 0.2) is 0 Å². The Labute approximate surface area is 140 Å². The molecule has 1 rings (SSSR count). The van der Waals surface area contributed by atoms with E-state index in [-0.39, 0.29) is 12.4 Å². The second-order valence-electron chi connectivity index (χ2n) is 7.02. The first-order chi connectivity index (χ1) is 9.83. The molecule has 0 spiro atoms. The van der Waals surface area contributed by atoms with E-state index in [2.05, 4.69) is 19.2 Å². The van der Waals surface area contributed by atoms with Gasteiger partial charge in [-0.2, -0.15) is 0 Å². The van der Waals surface area contributed by atoms with E-state index < -0.39 is 0 Å². The minimum Gasteiger partial charge on any atom is -0.312 e. The Balaban J connectivity index is 0.00000400. The Hall–Kier alpha value is 0.250. The van der Waals surface area contributed by atoms with Crippen molar-refractivity contribution in [2.24, 2.45) is 0 Å². The van der Waals surface area contributed by atoms with Crippen LogP contribution in [0.4, 0.5) is 0 Å². The predicted molar refractivity (Wildman–Crippen MR) is 98.6 cm³/mol. The molecule has 0 aliphatic carbocycles. The van der Waals surface area contributed by atoms with E-state index in [0.29, 0.717) is 0 Å². The summed E-state index contributed by atoms with van der Waals surface area (Å²) in [4.78, 5) is 0. The third kappa shape index (κ3) is 12.5. The van der Waals surface area contributed by atoms with Crippen LogP contribution in [0.5, 0.6) is 0 Å². The van der Waals surface area contributed by atoms with Gasteiger partial charge in [-0.25, -0.2) is 0 Å². The topological polar surface area (TPSA) is 12.0 Å². The summed E-state index contributed by atoms with van der Waals surface area (Å²) in [5.41, 5.74) is 0. The second kappa shape index (κ2) is 15.2. The zero-order valence-electron chi connectivity index (χ0n) is 14.7. The second-order valence-corrected chi connectivity index (χ2v) is 7.02. The molecule has 0 aromatic carbocycles. The average Bonchev–Trinajstić information content (AvgIpc) is 2.45. The van der Waals surface area contributed by atoms with E-state index >= 15 is 0 Å². The number of hydrogen-bond donors (Lipinski definition) is 1. The number of rotatable bonds is 12. The summed E-state index contributed by atoms with van der Waals surface area (Å²) >= 11 is 0. The van der Waals surface area contributed by atoms with Gasteiger partial charge in [0.2, 0.25) is 0 Å². The summed E-state index contributed by atoms with van der Waals surface area (Å²) in [6, 6.07) is 1.60. The van der Waals surface area contributed by atoms with Gasteiger partial charge in [0.25, 0.3) is 0 Å². The number of piperidine rings is 1. The van der Waals surface area contributed by atoms with E-state index in [0.717, 1.165) is 12.1 Å². The minimum absolute atomic E-state index is 0. The molecule has 0 radical (unpaired) electrons. The highest BCUT2D eigenvalue weighted by Gasteiger charge is 2.16. The van der Waals surface area contributed by atoms with Gasteiger partial charge in [-0.15, -0.1) is 12.4 Å². The Kier molecular flexibility index (Phi) is 15.3.